The van der Waals surface area contributed by atoms with E-state index in [2.05, 4.69) is 0 Å². The van der Waals surface area contributed by atoms with Gasteiger partial charge in [-0.25, -0.2) is 0 Å². The van der Waals surface area contributed by atoms with E-state index >= 15 is 0 Å². The van der Waals surface area contributed by atoms with Crippen molar-refractivity contribution in [2.45, 2.75) is 19.3 Å². The zero-order chi connectivity index (χ0) is 12.5. The molecule has 0 bridgehead atoms. The molecule has 0 radical (unpaired) electrons. The van der Waals surface area contributed by atoms with Gasteiger partial charge in [0, 0.05) is 10.6 Å². The average Bonchev–Trinajstić information content (AvgIpc) is 2.20. The molecule has 0 saturated heterocycles. The van der Waals surface area contributed by atoms with Gasteiger partial charge in [0.25, 0.3) is 0 Å². The highest BCUT2D eigenvalue weighted by Crippen LogP contribution is 2.41. The molecule has 3 nitrogen and oxygen atoms in total. The summed E-state index contributed by atoms with van der Waals surface area (Å²) in [6.45, 7) is 3.10. The molecule has 0 fully saturated rings. The van der Waals surface area contributed by atoms with Crippen molar-refractivity contribution in [1.82, 2.24) is 0 Å². The van der Waals surface area contributed by atoms with Crippen LogP contribution in [0.15, 0.2) is 12.1 Å². The fourth-order valence-corrected chi connectivity index (χ4v) is 2.04. The third kappa shape index (κ3) is 2.11. The van der Waals surface area contributed by atoms with Crippen LogP contribution in [-0.2, 0) is 10.2 Å². The molecule has 1 aromatic rings. The Kier molecular flexibility index (Phi) is 3.71. The highest BCUT2D eigenvalue weighted by molar-refractivity contribution is 6.35. The molecule has 88 valence electrons. The minimum Gasteiger partial charge on any atom is -0.495 e. The number of rotatable bonds is 3. The van der Waals surface area contributed by atoms with Crippen molar-refractivity contribution < 1.29 is 14.6 Å². The molecule has 0 aromatic heterocycles. The molecule has 0 aliphatic carbocycles. The maximum atomic E-state index is 11.2. The van der Waals surface area contributed by atoms with Crippen molar-refractivity contribution in [2.75, 3.05) is 7.11 Å². The molecular weight excluding hydrogens is 251 g/mol. The second-order valence-corrected chi connectivity index (χ2v) is 4.68. The van der Waals surface area contributed by atoms with Crippen molar-refractivity contribution in [2.24, 2.45) is 0 Å². The van der Waals surface area contributed by atoms with Crippen molar-refractivity contribution in [3.8, 4) is 5.75 Å². The lowest BCUT2D eigenvalue weighted by Gasteiger charge is -2.24. The summed E-state index contributed by atoms with van der Waals surface area (Å²) in [4.78, 5) is 11.2. The Hall–Kier alpha value is -0.930. The van der Waals surface area contributed by atoms with E-state index in [1.54, 1.807) is 26.0 Å². The minimum atomic E-state index is -1.16. The molecule has 1 aromatic carbocycles. The molecule has 0 amide bonds. The third-order valence-corrected chi connectivity index (χ3v) is 3.04. The molecule has 0 heterocycles. The molecule has 0 saturated carbocycles. The van der Waals surface area contributed by atoms with Crippen molar-refractivity contribution in [3.63, 3.8) is 0 Å². The zero-order valence-electron chi connectivity index (χ0n) is 9.17. The van der Waals surface area contributed by atoms with Gasteiger partial charge in [-0.05, 0) is 26.0 Å². The Bertz CT molecular complexity index is 427. The summed E-state index contributed by atoms with van der Waals surface area (Å²) in [6.07, 6.45) is 0. The van der Waals surface area contributed by atoms with Crippen LogP contribution in [0.25, 0.3) is 0 Å². The average molecular weight is 263 g/mol. The third-order valence-electron chi connectivity index (χ3n) is 2.42. The second kappa shape index (κ2) is 4.52. The molecule has 0 atom stereocenters. The minimum absolute atomic E-state index is 0.307. The number of carboxylic acids is 1. The first-order valence-electron chi connectivity index (χ1n) is 4.58. The van der Waals surface area contributed by atoms with Crippen LogP contribution in [0.4, 0.5) is 0 Å². The van der Waals surface area contributed by atoms with E-state index in [1.807, 2.05) is 0 Å². The van der Waals surface area contributed by atoms with Crippen LogP contribution in [0.3, 0.4) is 0 Å². The highest BCUT2D eigenvalue weighted by atomic mass is 35.5. The summed E-state index contributed by atoms with van der Waals surface area (Å²) >= 11 is 11.9. The van der Waals surface area contributed by atoms with E-state index in [-0.39, 0.29) is 0 Å². The van der Waals surface area contributed by atoms with E-state index in [0.717, 1.165) is 0 Å². The van der Waals surface area contributed by atoms with Gasteiger partial charge in [-0.15, -0.1) is 0 Å². The van der Waals surface area contributed by atoms with Gasteiger partial charge in [-0.2, -0.15) is 0 Å². The first kappa shape index (κ1) is 13.1. The number of carboxylic acid groups (broad SMARTS) is 1. The number of methoxy groups -OCH3 is 1. The molecule has 0 aliphatic heterocycles. The predicted molar refractivity (Wildman–Crippen MR) is 63.7 cm³/mol. The first-order valence-corrected chi connectivity index (χ1v) is 5.33. The number of benzene rings is 1. The number of ether oxygens (including phenoxy) is 1. The Balaban J connectivity index is 3.54. The molecule has 1 rings (SSSR count). The molecule has 5 heteroatoms. The topological polar surface area (TPSA) is 46.5 Å². The standard InChI is InChI=1S/C11H12Cl2O3/c1-11(2,10(14)15)8-6(12)4-5-7(13)9(8)16-3/h4-5H,1-3H3,(H,14,15). The molecule has 0 spiro atoms. The molecule has 1 N–H and O–H groups in total. The lowest BCUT2D eigenvalue weighted by molar-refractivity contribution is -0.142. The maximum absolute atomic E-state index is 11.2. The van der Waals surface area contributed by atoms with Crippen LogP contribution in [0.1, 0.15) is 19.4 Å². The SMILES string of the molecule is COc1c(Cl)ccc(Cl)c1C(C)(C)C(=O)O. The molecular formula is C11H12Cl2O3. The van der Waals surface area contributed by atoms with Crippen LogP contribution in [-0.4, -0.2) is 18.2 Å². The van der Waals surface area contributed by atoms with Gasteiger partial charge in [0.1, 0.15) is 5.75 Å². The van der Waals surface area contributed by atoms with E-state index in [0.29, 0.717) is 21.4 Å². The van der Waals surface area contributed by atoms with Crippen LogP contribution in [0, 0.1) is 0 Å². The summed E-state index contributed by atoms with van der Waals surface area (Å²) in [5.41, 5.74) is -0.774. The van der Waals surface area contributed by atoms with Crippen molar-refractivity contribution in [3.05, 3.63) is 27.7 Å². The quantitative estimate of drug-likeness (QED) is 0.909. The van der Waals surface area contributed by atoms with Gasteiger partial charge in [0.2, 0.25) is 0 Å². The molecule has 0 aliphatic rings. The number of hydrogen-bond acceptors (Lipinski definition) is 2. The van der Waals surface area contributed by atoms with E-state index in [1.165, 1.54) is 7.11 Å². The summed E-state index contributed by atoms with van der Waals surface area (Å²) < 4.78 is 5.11. The highest BCUT2D eigenvalue weighted by Gasteiger charge is 2.35. The second-order valence-electron chi connectivity index (χ2n) is 3.87. The van der Waals surface area contributed by atoms with Gasteiger partial charge in [0.05, 0.1) is 17.5 Å². The van der Waals surface area contributed by atoms with Gasteiger partial charge in [0.15, 0.2) is 0 Å². The van der Waals surface area contributed by atoms with Crippen LogP contribution < -0.4 is 4.74 Å². The lowest BCUT2D eigenvalue weighted by atomic mass is 9.84. The van der Waals surface area contributed by atoms with Gasteiger partial charge in [-0.3, -0.25) is 4.79 Å². The smallest absolute Gasteiger partial charge is 0.313 e. The zero-order valence-corrected chi connectivity index (χ0v) is 10.7. The normalized spacial score (nSPS) is 11.3. The molecule has 16 heavy (non-hydrogen) atoms. The van der Waals surface area contributed by atoms with E-state index in [9.17, 15) is 9.90 Å². The largest absolute Gasteiger partial charge is 0.495 e. The van der Waals surface area contributed by atoms with Crippen LogP contribution in [0.2, 0.25) is 10.0 Å². The summed E-state index contributed by atoms with van der Waals surface area (Å²) in [5.74, 6) is -0.684. The fourth-order valence-electron chi connectivity index (χ4n) is 1.42. The van der Waals surface area contributed by atoms with Crippen LogP contribution in [0.5, 0.6) is 5.75 Å². The molecule has 0 unspecified atom stereocenters. The summed E-state index contributed by atoms with van der Waals surface area (Å²) in [7, 11) is 1.43. The Morgan fingerprint density at radius 2 is 1.81 bits per heavy atom. The monoisotopic (exact) mass is 262 g/mol. The van der Waals surface area contributed by atoms with Crippen molar-refractivity contribution >= 4 is 29.2 Å². The Morgan fingerprint density at radius 1 is 1.31 bits per heavy atom. The lowest BCUT2D eigenvalue weighted by Crippen LogP contribution is -2.29. The fraction of sp³-hybridized carbons (Fsp3) is 0.364. The van der Waals surface area contributed by atoms with Gasteiger partial charge in [-0.1, -0.05) is 23.2 Å². The Labute approximate surface area is 104 Å². The van der Waals surface area contributed by atoms with E-state index < -0.39 is 11.4 Å². The van der Waals surface area contributed by atoms with E-state index in [4.69, 9.17) is 27.9 Å². The van der Waals surface area contributed by atoms with Crippen molar-refractivity contribution in [1.29, 1.82) is 0 Å². The number of carbonyl (C=O) groups is 1. The van der Waals surface area contributed by atoms with Gasteiger partial charge < -0.3 is 9.84 Å². The summed E-state index contributed by atoms with van der Waals surface area (Å²) in [6, 6.07) is 3.14. The summed E-state index contributed by atoms with van der Waals surface area (Å²) in [5, 5.41) is 9.84. The number of halogens is 2. The van der Waals surface area contributed by atoms with Crippen LogP contribution >= 0.6 is 23.2 Å². The number of aliphatic carboxylic acids is 1. The maximum Gasteiger partial charge on any atom is 0.313 e. The number of hydrogen-bond donors (Lipinski definition) is 1. The predicted octanol–water partition coefficient (Wildman–Crippen LogP) is 3.36. The van der Waals surface area contributed by atoms with Gasteiger partial charge >= 0.3 is 5.97 Å². The first-order chi connectivity index (χ1) is 7.32. The Morgan fingerprint density at radius 3 is 2.25 bits per heavy atom.